The minimum absolute atomic E-state index is 0.0350. The van der Waals surface area contributed by atoms with Gasteiger partial charge in [-0.05, 0) is 60.5 Å². The number of nitrogens with zero attached hydrogens (tertiary/aromatic N) is 2. The van der Waals surface area contributed by atoms with Gasteiger partial charge in [-0.2, -0.15) is 16.6 Å². The summed E-state index contributed by atoms with van der Waals surface area (Å²) in [5.74, 6) is 1.16. The van der Waals surface area contributed by atoms with Crippen molar-refractivity contribution in [2.24, 2.45) is 0 Å². The van der Waals surface area contributed by atoms with E-state index in [4.69, 9.17) is 14.7 Å². The summed E-state index contributed by atoms with van der Waals surface area (Å²) in [6, 6.07) is 12.4. The topological polar surface area (TPSA) is 84.2 Å². The fourth-order valence-electron chi connectivity index (χ4n) is 2.57. The second-order valence-corrected chi connectivity index (χ2v) is 7.37. The standard InChI is InChI=1S/C22H21N3O3S/c1-15(2)28-20-10-18(22(26)25-21-4-3-17(12-23)13-24-21)9-19(11-20)27-7-5-16-6-8-29-14-16/h3-4,6,8-11,13-15H,5,7H2,1-2H3,(H,24,25,26). The van der Waals surface area contributed by atoms with Gasteiger partial charge in [0.15, 0.2) is 0 Å². The van der Waals surface area contributed by atoms with Gasteiger partial charge in [0.2, 0.25) is 0 Å². The summed E-state index contributed by atoms with van der Waals surface area (Å²) >= 11 is 1.65. The van der Waals surface area contributed by atoms with Gasteiger partial charge in [-0.3, -0.25) is 4.79 Å². The van der Waals surface area contributed by atoms with Crippen LogP contribution in [0.25, 0.3) is 0 Å². The van der Waals surface area contributed by atoms with Crippen molar-refractivity contribution in [3.8, 4) is 17.6 Å². The number of ether oxygens (including phenoxy) is 2. The summed E-state index contributed by atoms with van der Waals surface area (Å²) in [5.41, 5.74) is 2.05. The first-order chi connectivity index (χ1) is 14.0. The lowest BCUT2D eigenvalue weighted by atomic mass is 10.1. The van der Waals surface area contributed by atoms with Crippen LogP contribution in [0.5, 0.6) is 11.5 Å². The van der Waals surface area contributed by atoms with Crippen molar-refractivity contribution in [1.29, 1.82) is 5.26 Å². The van der Waals surface area contributed by atoms with Gasteiger partial charge in [-0.25, -0.2) is 4.98 Å². The largest absolute Gasteiger partial charge is 0.493 e. The predicted molar refractivity (Wildman–Crippen MR) is 113 cm³/mol. The van der Waals surface area contributed by atoms with Crippen LogP contribution in [0.3, 0.4) is 0 Å². The van der Waals surface area contributed by atoms with E-state index in [2.05, 4.69) is 21.7 Å². The average molecular weight is 407 g/mol. The van der Waals surface area contributed by atoms with Crippen molar-refractivity contribution in [3.05, 3.63) is 70.0 Å². The van der Waals surface area contributed by atoms with Crippen molar-refractivity contribution in [3.63, 3.8) is 0 Å². The molecule has 6 nitrogen and oxygen atoms in total. The Morgan fingerprint density at radius 2 is 2.07 bits per heavy atom. The van der Waals surface area contributed by atoms with Gasteiger partial charge in [-0.1, -0.05) is 0 Å². The lowest BCUT2D eigenvalue weighted by molar-refractivity contribution is 0.102. The van der Waals surface area contributed by atoms with E-state index in [1.54, 1.807) is 41.7 Å². The number of carbonyl (C=O) groups excluding carboxylic acids is 1. The molecule has 148 valence electrons. The van der Waals surface area contributed by atoms with E-state index in [9.17, 15) is 4.79 Å². The van der Waals surface area contributed by atoms with Crippen LogP contribution in [0.2, 0.25) is 0 Å². The fraction of sp³-hybridized carbons (Fsp3) is 0.227. The maximum atomic E-state index is 12.7. The fourth-order valence-corrected chi connectivity index (χ4v) is 3.27. The number of hydrogen-bond acceptors (Lipinski definition) is 6. The Bertz CT molecular complexity index is 993. The average Bonchev–Trinajstić information content (AvgIpc) is 3.21. The van der Waals surface area contributed by atoms with Gasteiger partial charge in [0.05, 0.1) is 18.3 Å². The minimum atomic E-state index is -0.334. The number of amides is 1. The minimum Gasteiger partial charge on any atom is -0.493 e. The Hall–Kier alpha value is -3.37. The molecule has 0 aliphatic heterocycles. The monoisotopic (exact) mass is 407 g/mol. The van der Waals surface area contributed by atoms with E-state index < -0.39 is 0 Å². The molecule has 0 unspecified atom stereocenters. The van der Waals surface area contributed by atoms with Crippen molar-refractivity contribution in [1.82, 2.24) is 4.98 Å². The Morgan fingerprint density at radius 1 is 1.24 bits per heavy atom. The number of thiophene rings is 1. The molecule has 29 heavy (non-hydrogen) atoms. The molecule has 0 saturated heterocycles. The molecular weight excluding hydrogens is 386 g/mol. The van der Waals surface area contributed by atoms with Crippen LogP contribution < -0.4 is 14.8 Å². The third-order valence-corrected chi connectivity index (χ3v) is 4.62. The van der Waals surface area contributed by atoms with E-state index >= 15 is 0 Å². The first kappa shape index (κ1) is 20.4. The Balaban J connectivity index is 1.74. The maximum Gasteiger partial charge on any atom is 0.257 e. The molecule has 7 heteroatoms. The van der Waals surface area contributed by atoms with E-state index in [1.807, 2.05) is 25.3 Å². The molecule has 0 radical (unpaired) electrons. The first-order valence-electron chi connectivity index (χ1n) is 9.16. The first-order valence-corrected chi connectivity index (χ1v) is 10.1. The molecule has 1 amide bonds. The van der Waals surface area contributed by atoms with Crippen molar-refractivity contribution in [2.45, 2.75) is 26.4 Å². The van der Waals surface area contributed by atoms with Gasteiger partial charge >= 0.3 is 0 Å². The van der Waals surface area contributed by atoms with Gasteiger partial charge in [0.1, 0.15) is 23.4 Å². The third kappa shape index (κ3) is 6.06. The Labute approximate surface area is 173 Å². The Morgan fingerprint density at radius 3 is 2.72 bits per heavy atom. The molecule has 3 aromatic rings. The van der Waals surface area contributed by atoms with Crippen LogP contribution in [0.1, 0.15) is 35.3 Å². The second kappa shape index (κ2) is 9.71. The van der Waals surface area contributed by atoms with Crippen LogP contribution in [0, 0.1) is 11.3 Å². The number of nitrogens with one attached hydrogen (secondary N) is 1. The highest BCUT2D eigenvalue weighted by Gasteiger charge is 2.12. The van der Waals surface area contributed by atoms with Crippen LogP contribution >= 0.6 is 11.3 Å². The summed E-state index contributed by atoms with van der Waals surface area (Å²) in [5, 5.41) is 15.7. The molecule has 2 aromatic heterocycles. The third-order valence-electron chi connectivity index (χ3n) is 3.89. The number of carbonyl (C=O) groups is 1. The molecule has 0 aliphatic carbocycles. The zero-order valence-corrected chi connectivity index (χ0v) is 17.0. The molecule has 1 aromatic carbocycles. The van der Waals surface area contributed by atoms with Crippen LogP contribution in [0.15, 0.2) is 53.4 Å². The molecule has 2 heterocycles. The smallest absolute Gasteiger partial charge is 0.257 e. The molecule has 3 rings (SSSR count). The number of aromatic nitrogens is 1. The van der Waals surface area contributed by atoms with Crippen LogP contribution in [0.4, 0.5) is 5.82 Å². The summed E-state index contributed by atoms with van der Waals surface area (Å²) < 4.78 is 11.6. The molecule has 0 bridgehead atoms. The number of rotatable bonds is 8. The number of benzene rings is 1. The Kier molecular flexibility index (Phi) is 6.82. The number of pyridine rings is 1. The SMILES string of the molecule is CC(C)Oc1cc(OCCc2ccsc2)cc(C(=O)Nc2ccc(C#N)cn2)c1. The zero-order chi connectivity index (χ0) is 20.6. The molecule has 0 saturated carbocycles. The van der Waals surface area contributed by atoms with Gasteiger partial charge in [0.25, 0.3) is 5.91 Å². The molecule has 0 aliphatic rings. The molecule has 0 atom stereocenters. The molecule has 0 fully saturated rings. The quantitative estimate of drug-likeness (QED) is 0.586. The molecule has 0 spiro atoms. The van der Waals surface area contributed by atoms with E-state index in [1.165, 1.54) is 11.8 Å². The lowest BCUT2D eigenvalue weighted by Crippen LogP contribution is -2.14. The summed E-state index contributed by atoms with van der Waals surface area (Å²) in [4.78, 5) is 16.8. The van der Waals surface area contributed by atoms with E-state index in [0.29, 0.717) is 35.1 Å². The maximum absolute atomic E-state index is 12.7. The van der Waals surface area contributed by atoms with Gasteiger partial charge in [0, 0.05) is 24.2 Å². The zero-order valence-electron chi connectivity index (χ0n) is 16.2. The summed E-state index contributed by atoms with van der Waals surface area (Å²) in [6.07, 6.45) is 2.16. The predicted octanol–water partition coefficient (Wildman–Crippen LogP) is 4.68. The highest BCUT2D eigenvalue weighted by Crippen LogP contribution is 2.25. The number of hydrogen-bond donors (Lipinski definition) is 1. The van der Waals surface area contributed by atoms with Gasteiger partial charge < -0.3 is 14.8 Å². The number of nitriles is 1. The van der Waals surface area contributed by atoms with Crippen molar-refractivity contribution >= 4 is 23.1 Å². The van der Waals surface area contributed by atoms with Crippen molar-refractivity contribution < 1.29 is 14.3 Å². The lowest BCUT2D eigenvalue weighted by Gasteiger charge is -2.14. The highest BCUT2D eigenvalue weighted by molar-refractivity contribution is 7.07. The highest BCUT2D eigenvalue weighted by atomic mass is 32.1. The van der Waals surface area contributed by atoms with Crippen LogP contribution in [-0.4, -0.2) is 23.6 Å². The summed E-state index contributed by atoms with van der Waals surface area (Å²) in [7, 11) is 0. The van der Waals surface area contributed by atoms with E-state index in [0.717, 1.165) is 6.42 Å². The van der Waals surface area contributed by atoms with Crippen molar-refractivity contribution in [2.75, 3.05) is 11.9 Å². The second-order valence-electron chi connectivity index (χ2n) is 6.59. The van der Waals surface area contributed by atoms with Crippen LogP contribution in [-0.2, 0) is 6.42 Å². The summed E-state index contributed by atoms with van der Waals surface area (Å²) in [6.45, 7) is 4.34. The van der Waals surface area contributed by atoms with E-state index in [-0.39, 0.29) is 12.0 Å². The molecular formula is C22H21N3O3S. The number of anilines is 1. The van der Waals surface area contributed by atoms with Gasteiger partial charge in [-0.15, -0.1) is 0 Å². The molecule has 1 N–H and O–H groups in total. The normalized spacial score (nSPS) is 10.4.